The van der Waals surface area contributed by atoms with Crippen molar-refractivity contribution in [2.75, 3.05) is 31.7 Å². The Morgan fingerprint density at radius 3 is 2.52 bits per heavy atom. The lowest BCUT2D eigenvalue weighted by Gasteiger charge is -2.23. The summed E-state index contributed by atoms with van der Waals surface area (Å²) < 4.78 is 28.8. The summed E-state index contributed by atoms with van der Waals surface area (Å²) in [5.41, 5.74) is 2.32. The molecule has 4 nitrogen and oxygen atoms in total. The van der Waals surface area contributed by atoms with Gasteiger partial charge in [-0.05, 0) is 44.9 Å². The fourth-order valence-electron chi connectivity index (χ4n) is 2.82. The van der Waals surface area contributed by atoms with E-state index in [1.807, 2.05) is 13.1 Å². The van der Waals surface area contributed by atoms with E-state index in [9.17, 15) is 8.42 Å². The number of para-hydroxylation sites is 1. The first-order valence-electron chi connectivity index (χ1n) is 7.49. The van der Waals surface area contributed by atoms with Gasteiger partial charge in [-0.25, -0.2) is 8.42 Å². The Kier molecular flexibility index (Phi) is 5.27. The van der Waals surface area contributed by atoms with Gasteiger partial charge in [0, 0.05) is 12.6 Å². The Morgan fingerprint density at radius 1 is 1.29 bits per heavy atom. The zero-order valence-electron chi connectivity index (χ0n) is 13.1. The molecule has 1 aromatic rings. The van der Waals surface area contributed by atoms with Crippen LogP contribution in [0.25, 0.3) is 0 Å². The second-order valence-corrected chi connectivity index (χ2v) is 8.19. The smallest absolute Gasteiger partial charge is 0.151 e. The summed E-state index contributed by atoms with van der Waals surface area (Å²) in [5, 5.41) is 0. The van der Waals surface area contributed by atoms with Crippen LogP contribution in [-0.2, 0) is 9.84 Å². The quantitative estimate of drug-likeness (QED) is 0.756. The van der Waals surface area contributed by atoms with Crippen LogP contribution < -0.4 is 4.74 Å². The fraction of sp³-hybridized carbons (Fsp3) is 0.625. The summed E-state index contributed by atoms with van der Waals surface area (Å²) in [6.07, 6.45) is 1.66. The van der Waals surface area contributed by atoms with E-state index >= 15 is 0 Å². The average Bonchev–Trinajstić information content (AvgIpc) is 2.77. The predicted octanol–water partition coefficient (Wildman–Crippen LogP) is 2.19. The lowest BCUT2D eigenvalue weighted by molar-refractivity contribution is 0.226. The zero-order chi connectivity index (χ0) is 15.5. The summed E-state index contributed by atoms with van der Waals surface area (Å²) in [6, 6.07) is 6.32. The topological polar surface area (TPSA) is 46.6 Å². The molecule has 0 spiro atoms. The fourth-order valence-corrected chi connectivity index (χ4v) is 4.63. The van der Waals surface area contributed by atoms with Crippen LogP contribution in [0.3, 0.4) is 0 Å². The molecule has 1 saturated heterocycles. The number of rotatable bonds is 6. The zero-order valence-corrected chi connectivity index (χ0v) is 13.9. The van der Waals surface area contributed by atoms with Crippen LogP contribution in [0.2, 0.25) is 0 Å². The van der Waals surface area contributed by atoms with E-state index in [1.165, 1.54) is 0 Å². The molecule has 5 heteroatoms. The molecule has 2 rings (SSSR count). The van der Waals surface area contributed by atoms with Gasteiger partial charge in [-0.2, -0.15) is 0 Å². The number of ether oxygens (including phenoxy) is 1. The second kappa shape index (κ2) is 6.79. The van der Waals surface area contributed by atoms with Gasteiger partial charge in [0.25, 0.3) is 0 Å². The third-order valence-electron chi connectivity index (χ3n) is 4.14. The molecule has 1 aliphatic rings. The molecule has 0 amide bonds. The monoisotopic (exact) mass is 311 g/mol. The molecule has 1 heterocycles. The number of hydrogen-bond donors (Lipinski definition) is 0. The predicted molar refractivity (Wildman–Crippen MR) is 85.7 cm³/mol. The van der Waals surface area contributed by atoms with Crippen LogP contribution in [0.4, 0.5) is 0 Å². The van der Waals surface area contributed by atoms with Gasteiger partial charge < -0.3 is 9.64 Å². The molecular formula is C16H25NO3S. The molecule has 21 heavy (non-hydrogen) atoms. The van der Waals surface area contributed by atoms with Crippen molar-refractivity contribution in [1.29, 1.82) is 0 Å². The van der Waals surface area contributed by atoms with Gasteiger partial charge in [0.15, 0.2) is 9.84 Å². The summed E-state index contributed by atoms with van der Waals surface area (Å²) >= 11 is 0. The maximum atomic E-state index is 11.5. The van der Waals surface area contributed by atoms with Crippen molar-refractivity contribution in [1.82, 2.24) is 4.90 Å². The highest BCUT2D eigenvalue weighted by Gasteiger charge is 2.30. The number of sulfone groups is 1. The van der Waals surface area contributed by atoms with E-state index in [-0.39, 0.29) is 6.04 Å². The first-order chi connectivity index (χ1) is 9.89. The van der Waals surface area contributed by atoms with Crippen LogP contribution >= 0.6 is 0 Å². The van der Waals surface area contributed by atoms with Gasteiger partial charge in [0.2, 0.25) is 0 Å². The molecule has 0 N–H and O–H groups in total. The molecule has 0 radical (unpaired) electrons. The Labute approximate surface area is 128 Å². The summed E-state index contributed by atoms with van der Waals surface area (Å²) in [6.45, 7) is 5.64. The second-order valence-electron chi connectivity index (χ2n) is 5.96. The minimum Gasteiger partial charge on any atom is -0.493 e. The largest absolute Gasteiger partial charge is 0.493 e. The maximum absolute atomic E-state index is 11.5. The molecule has 1 fully saturated rings. The first kappa shape index (κ1) is 16.3. The summed E-state index contributed by atoms with van der Waals surface area (Å²) in [5.74, 6) is 1.62. The van der Waals surface area contributed by atoms with E-state index in [1.54, 1.807) is 0 Å². The molecule has 1 aliphatic heterocycles. The highest BCUT2D eigenvalue weighted by atomic mass is 32.2. The normalized spacial score (nSPS) is 20.9. The van der Waals surface area contributed by atoms with Crippen molar-refractivity contribution in [3.8, 4) is 5.75 Å². The van der Waals surface area contributed by atoms with Crippen LogP contribution in [0.5, 0.6) is 5.75 Å². The maximum Gasteiger partial charge on any atom is 0.151 e. The van der Waals surface area contributed by atoms with Crippen molar-refractivity contribution in [3.05, 3.63) is 29.3 Å². The van der Waals surface area contributed by atoms with E-state index in [0.717, 1.165) is 36.3 Å². The lowest BCUT2D eigenvalue weighted by atomic mass is 10.1. The SMILES string of the molecule is Cc1cccc(C)c1OCCCN(C)[C@@H]1CCS(=O)(=O)C1. The van der Waals surface area contributed by atoms with Crippen molar-refractivity contribution >= 4 is 9.84 Å². The molecule has 0 bridgehead atoms. The molecular weight excluding hydrogens is 286 g/mol. The summed E-state index contributed by atoms with van der Waals surface area (Å²) in [7, 11) is -0.794. The Balaban J connectivity index is 1.75. The van der Waals surface area contributed by atoms with E-state index in [4.69, 9.17) is 4.74 Å². The standard InChI is InChI=1S/C16H25NO3S/c1-13-6-4-7-14(2)16(13)20-10-5-9-17(3)15-8-11-21(18,19)12-15/h4,6-7,15H,5,8-12H2,1-3H3/t15-/m1/s1. The van der Waals surface area contributed by atoms with Crippen LogP contribution in [-0.4, -0.2) is 51.1 Å². The van der Waals surface area contributed by atoms with Gasteiger partial charge in [0.05, 0.1) is 18.1 Å². The number of benzene rings is 1. The van der Waals surface area contributed by atoms with Gasteiger partial charge in [-0.3, -0.25) is 0 Å². The minimum absolute atomic E-state index is 0.176. The first-order valence-corrected chi connectivity index (χ1v) is 9.31. The molecule has 1 aromatic carbocycles. The Morgan fingerprint density at radius 2 is 1.95 bits per heavy atom. The van der Waals surface area contributed by atoms with E-state index in [0.29, 0.717) is 18.1 Å². The lowest BCUT2D eigenvalue weighted by Crippen LogP contribution is -2.34. The third-order valence-corrected chi connectivity index (χ3v) is 5.89. The van der Waals surface area contributed by atoms with Gasteiger partial charge in [-0.1, -0.05) is 18.2 Å². The van der Waals surface area contributed by atoms with Crippen LogP contribution in [0.1, 0.15) is 24.0 Å². The van der Waals surface area contributed by atoms with Gasteiger partial charge in [0.1, 0.15) is 5.75 Å². The van der Waals surface area contributed by atoms with Crippen LogP contribution in [0, 0.1) is 13.8 Å². The van der Waals surface area contributed by atoms with Crippen LogP contribution in [0.15, 0.2) is 18.2 Å². The number of aryl methyl sites for hydroxylation is 2. The van der Waals surface area contributed by atoms with Crippen molar-refractivity contribution in [2.24, 2.45) is 0 Å². The molecule has 118 valence electrons. The Bertz CT molecular complexity index is 563. The molecule has 0 saturated carbocycles. The average molecular weight is 311 g/mol. The molecule has 0 aromatic heterocycles. The third kappa shape index (κ3) is 4.45. The molecule has 0 unspecified atom stereocenters. The van der Waals surface area contributed by atoms with Crippen molar-refractivity contribution in [3.63, 3.8) is 0 Å². The van der Waals surface area contributed by atoms with Gasteiger partial charge in [-0.15, -0.1) is 0 Å². The van der Waals surface area contributed by atoms with E-state index in [2.05, 4.69) is 30.9 Å². The minimum atomic E-state index is -2.80. The highest BCUT2D eigenvalue weighted by Crippen LogP contribution is 2.22. The molecule has 0 aliphatic carbocycles. The van der Waals surface area contributed by atoms with E-state index < -0.39 is 9.84 Å². The summed E-state index contributed by atoms with van der Waals surface area (Å²) in [4.78, 5) is 2.15. The Hall–Kier alpha value is -1.07. The number of nitrogens with zero attached hydrogens (tertiary/aromatic N) is 1. The number of hydrogen-bond acceptors (Lipinski definition) is 4. The van der Waals surface area contributed by atoms with Crippen molar-refractivity contribution < 1.29 is 13.2 Å². The molecule has 1 atom stereocenters. The highest BCUT2D eigenvalue weighted by molar-refractivity contribution is 7.91. The van der Waals surface area contributed by atoms with Crippen molar-refractivity contribution in [2.45, 2.75) is 32.7 Å². The van der Waals surface area contributed by atoms with Gasteiger partial charge >= 0.3 is 0 Å².